The number of pyridine rings is 1. The minimum absolute atomic E-state index is 0.110. The molecule has 0 radical (unpaired) electrons. The molecule has 0 aliphatic heterocycles. The summed E-state index contributed by atoms with van der Waals surface area (Å²) in [5, 5.41) is 0. The van der Waals surface area contributed by atoms with Gasteiger partial charge in [0, 0.05) is 20.3 Å². The molecule has 136 valence electrons. The number of hydrogen-bond acceptors (Lipinski definition) is 5. The maximum atomic E-state index is 12.5. The zero-order valence-electron chi connectivity index (χ0n) is 13.7. The molecule has 0 saturated heterocycles. The van der Waals surface area contributed by atoms with E-state index in [9.17, 15) is 18.0 Å². The first kappa shape index (κ1) is 18.7. The summed E-state index contributed by atoms with van der Waals surface area (Å²) in [7, 11) is 3.17. The Hall–Kier alpha value is -2.62. The highest BCUT2D eigenvalue weighted by Gasteiger charge is 2.27. The number of anilines is 1. The smallest absolute Gasteiger partial charge is 0.411 e. The maximum Gasteiger partial charge on any atom is 0.411 e. The van der Waals surface area contributed by atoms with Gasteiger partial charge in [-0.05, 0) is 12.1 Å². The van der Waals surface area contributed by atoms with Crippen LogP contribution in [0, 0.1) is 0 Å². The molecular weight excluding hydrogens is 341 g/mol. The Morgan fingerprint density at radius 2 is 2.08 bits per heavy atom. The highest BCUT2D eigenvalue weighted by molar-refractivity contribution is 6.04. The van der Waals surface area contributed by atoms with Crippen molar-refractivity contribution in [2.75, 3.05) is 31.8 Å². The lowest BCUT2D eigenvalue weighted by molar-refractivity contribution is -0.175. The Balaban J connectivity index is 1.93. The van der Waals surface area contributed by atoms with Gasteiger partial charge in [0.1, 0.15) is 18.9 Å². The molecule has 0 saturated carbocycles. The van der Waals surface area contributed by atoms with Crippen LogP contribution in [-0.4, -0.2) is 53.5 Å². The second-order valence-electron chi connectivity index (χ2n) is 5.08. The van der Waals surface area contributed by atoms with Gasteiger partial charge in [-0.1, -0.05) is 0 Å². The van der Waals surface area contributed by atoms with Crippen molar-refractivity contribution >= 4 is 11.6 Å². The number of aromatic nitrogens is 3. The van der Waals surface area contributed by atoms with Crippen molar-refractivity contribution in [3.8, 4) is 6.01 Å². The van der Waals surface area contributed by atoms with E-state index in [1.54, 1.807) is 38.6 Å². The number of carbonyl (C=O) groups is 1. The SMILES string of the molecule is CN(C(=O)c1cnc(OCCOCC(F)(F)F)n1C)c1cccnc1. The number of hydrogen-bond donors (Lipinski definition) is 0. The Kier molecular flexibility index (Phi) is 5.97. The molecule has 2 aromatic rings. The van der Waals surface area contributed by atoms with Crippen molar-refractivity contribution in [3.63, 3.8) is 0 Å². The van der Waals surface area contributed by atoms with Crippen molar-refractivity contribution in [1.82, 2.24) is 14.5 Å². The van der Waals surface area contributed by atoms with Crippen molar-refractivity contribution in [1.29, 1.82) is 0 Å². The van der Waals surface area contributed by atoms with Crippen LogP contribution in [0.15, 0.2) is 30.7 Å². The molecular formula is C15H17F3N4O3. The number of alkyl halides is 3. The predicted molar refractivity (Wildman–Crippen MR) is 82.5 cm³/mol. The fourth-order valence-electron chi connectivity index (χ4n) is 1.95. The van der Waals surface area contributed by atoms with Gasteiger partial charge in [0.25, 0.3) is 11.9 Å². The summed E-state index contributed by atoms with van der Waals surface area (Å²) in [6.07, 6.45) is 0.100. The second-order valence-corrected chi connectivity index (χ2v) is 5.08. The number of rotatable bonds is 7. The van der Waals surface area contributed by atoms with Gasteiger partial charge >= 0.3 is 6.18 Å². The van der Waals surface area contributed by atoms with E-state index in [2.05, 4.69) is 14.7 Å². The molecule has 2 heterocycles. The molecule has 0 aliphatic carbocycles. The lowest BCUT2D eigenvalue weighted by Crippen LogP contribution is -2.28. The normalized spacial score (nSPS) is 11.4. The number of carbonyl (C=O) groups excluding carboxylic acids is 1. The fraction of sp³-hybridized carbons (Fsp3) is 0.400. The molecule has 0 bridgehead atoms. The van der Waals surface area contributed by atoms with Gasteiger partial charge in [0.15, 0.2) is 0 Å². The van der Waals surface area contributed by atoms with Gasteiger partial charge in [0.05, 0.1) is 24.7 Å². The van der Waals surface area contributed by atoms with Crippen LogP contribution < -0.4 is 9.64 Å². The summed E-state index contributed by atoms with van der Waals surface area (Å²) >= 11 is 0. The molecule has 0 aliphatic rings. The molecule has 7 nitrogen and oxygen atoms in total. The van der Waals surface area contributed by atoms with Gasteiger partial charge in [-0.2, -0.15) is 13.2 Å². The van der Waals surface area contributed by atoms with Crippen LogP contribution in [0.25, 0.3) is 0 Å². The van der Waals surface area contributed by atoms with Crippen molar-refractivity contribution < 1.29 is 27.4 Å². The third-order valence-corrected chi connectivity index (χ3v) is 3.23. The van der Waals surface area contributed by atoms with Crippen LogP contribution in [-0.2, 0) is 11.8 Å². The predicted octanol–water partition coefficient (Wildman–Crippen LogP) is 2.05. The van der Waals surface area contributed by atoms with Crippen LogP contribution in [0.5, 0.6) is 6.01 Å². The second kappa shape index (κ2) is 7.97. The van der Waals surface area contributed by atoms with Crippen LogP contribution in [0.2, 0.25) is 0 Å². The summed E-state index contributed by atoms with van der Waals surface area (Å²) in [6, 6.07) is 3.55. The average Bonchev–Trinajstić information content (AvgIpc) is 2.94. The third kappa shape index (κ3) is 5.18. The molecule has 0 aromatic carbocycles. The summed E-state index contributed by atoms with van der Waals surface area (Å²) in [6.45, 7) is -1.70. The first-order valence-electron chi connectivity index (χ1n) is 7.26. The number of nitrogens with zero attached hydrogens (tertiary/aromatic N) is 4. The Labute approximate surface area is 142 Å². The van der Waals surface area contributed by atoms with Gasteiger partial charge in [-0.15, -0.1) is 0 Å². The quantitative estimate of drug-likeness (QED) is 0.709. The monoisotopic (exact) mass is 358 g/mol. The molecule has 0 spiro atoms. The Morgan fingerprint density at radius 3 is 2.72 bits per heavy atom. The standard InChI is InChI=1S/C15H17F3N4O3/c1-21(11-4-3-5-19-8-11)13(23)12-9-20-14(22(12)2)25-7-6-24-10-15(16,17)18/h3-5,8-9H,6-7,10H2,1-2H3. The van der Waals surface area contributed by atoms with E-state index >= 15 is 0 Å². The average molecular weight is 358 g/mol. The topological polar surface area (TPSA) is 69.5 Å². The third-order valence-electron chi connectivity index (χ3n) is 3.23. The first-order valence-corrected chi connectivity index (χ1v) is 7.26. The van der Waals surface area contributed by atoms with Crippen molar-refractivity contribution in [2.24, 2.45) is 7.05 Å². The zero-order valence-corrected chi connectivity index (χ0v) is 13.7. The number of imidazole rings is 1. The lowest BCUT2D eigenvalue weighted by Gasteiger charge is -2.17. The molecule has 10 heteroatoms. The largest absolute Gasteiger partial charge is 0.462 e. The Bertz CT molecular complexity index is 704. The van der Waals surface area contributed by atoms with Crippen molar-refractivity contribution in [3.05, 3.63) is 36.4 Å². The lowest BCUT2D eigenvalue weighted by atomic mass is 10.3. The van der Waals surface area contributed by atoms with E-state index in [1.807, 2.05) is 0 Å². The van der Waals surface area contributed by atoms with Crippen LogP contribution in [0.4, 0.5) is 18.9 Å². The highest BCUT2D eigenvalue weighted by atomic mass is 19.4. The van der Waals surface area contributed by atoms with E-state index in [4.69, 9.17) is 4.74 Å². The molecule has 1 amide bonds. The zero-order chi connectivity index (χ0) is 18.4. The molecule has 2 rings (SSSR count). The van der Waals surface area contributed by atoms with Crippen molar-refractivity contribution in [2.45, 2.75) is 6.18 Å². The van der Waals surface area contributed by atoms with Gasteiger partial charge < -0.3 is 14.4 Å². The number of ether oxygens (including phenoxy) is 2. The molecule has 25 heavy (non-hydrogen) atoms. The molecule has 0 N–H and O–H groups in total. The van der Waals surface area contributed by atoms with Gasteiger partial charge in [-0.25, -0.2) is 4.98 Å². The summed E-state index contributed by atoms with van der Waals surface area (Å²) in [5.41, 5.74) is 0.870. The highest BCUT2D eigenvalue weighted by Crippen LogP contribution is 2.17. The molecule has 0 unspecified atom stereocenters. The minimum Gasteiger partial charge on any atom is -0.462 e. The van der Waals surface area contributed by atoms with Crippen LogP contribution >= 0.6 is 0 Å². The summed E-state index contributed by atoms with van der Waals surface area (Å²) in [5.74, 6) is -0.328. The Morgan fingerprint density at radius 1 is 1.32 bits per heavy atom. The minimum atomic E-state index is -4.38. The molecule has 0 fully saturated rings. The van der Waals surface area contributed by atoms with E-state index in [0.29, 0.717) is 5.69 Å². The van der Waals surface area contributed by atoms with Gasteiger partial charge in [-0.3, -0.25) is 14.3 Å². The van der Waals surface area contributed by atoms with Crippen LogP contribution in [0.1, 0.15) is 10.5 Å². The fourth-order valence-corrected chi connectivity index (χ4v) is 1.95. The number of amides is 1. The van der Waals surface area contributed by atoms with Crippen LogP contribution in [0.3, 0.4) is 0 Å². The molecule has 2 aromatic heterocycles. The van der Waals surface area contributed by atoms with E-state index in [1.165, 1.54) is 15.7 Å². The first-order chi connectivity index (χ1) is 11.8. The van der Waals surface area contributed by atoms with E-state index < -0.39 is 12.8 Å². The summed E-state index contributed by atoms with van der Waals surface area (Å²) in [4.78, 5) is 21.8. The van der Waals surface area contributed by atoms with Gasteiger partial charge in [0.2, 0.25) is 0 Å². The van der Waals surface area contributed by atoms with E-state index in [0.717, 1.165) is 0 Å². The summed E-state index contributed by atoms with van der Waals surface area (Å²) < 4.78 is 46.9. The molecule has 0 atom stereocenters. The van der Waals surface area contributed by atoms with E-state index in [-0.39, 0.29) is 30.8 Å². The maximum absolute atomic E-state index is 12.5. The number of halogens is 3.